The number of hydrogen-bond donors (Lipinski definition) is 2. The van der Waals surface area contributed by atoms with Crippen molar-refractivity contribution in [3.8, 4) is 0 Å². The first-order chi connectivity index (χ1) is 12.6. The van der Waals surface area contributed by atoms with Gasteiger partial charge in [-0.25, -0.2) is 9.97 Å². The zero-order valence-corrected chi connectivity index (χ0v) is 15.4. The molecular weight excluding hydrogens is 354 g/mol. The Kier molecular flexibility index (Phi) is 6.38. The zero-order chi connectivity index (χ0) is 18.4. The van der Waals surface area contributed by atoms with Crippen molar-refractivity contribution in [1.29, 1.82) is 0 Å². The highest BCUT2D eigenvalue weighted by Crippen LogP contribution is 2.21. The Balaban J connectivity index is 1.49. The molecule has 0 atom stereocenters. The number of amides is 1. The molecule has 1 aromatic heterocycles. The van der Waals surface area contributed by atoms with Gasteiger partial charge < -0.3 is 15.4 Å². The molecule has 0 saturated carbocycles. The maximum atomic E-state index is 12.2. The number of hydrogen-bond acceptors (Lipinski definition) is 6. The molecule has 0 radical (unpaired) electrons. The van der Waals surface area contributed by atoms with Crippen molar-refractivity contribution in [2.75, 3.05) is 44.7 Å². The molecule has 0 unspecified atom stereocenters. The van der Waals surface area contributed by atoms with Gasteiger partial charge in [-0.1, -0.05) is 17.7 Å². The molecule has 2 N–H and O–H groups in total. The van der Waals surface area contributed by atoms with Crippen molar-refractivity contribution >= 4 is 29.1 Å². The SMILES string of the molecule is Cc1ccc(Nc2ncc(C(=O)NCCN3CCOCC3)cn2)cc1Cl. The molecule has 1 aliphatic heterocycles. The van der Waals surface area contributed by atoms with Crippen LogP contribution in [0.2, 0.25) is 5.02 Å². The monoisotopic (exact) mass is 375 g/mol. The van der Waals surface area contributed by atoms with Gasteiger partial charge in [0.05, 0.1) is 18.8 Å². The van der Waals surface area contributed by atoms with Crippen molar-refractivity contribution in [2.24, 2.45) is 0 Å². The van der Waals surface area contributed by atoms with E-state index in [0.717, 1.165) is 44.1 Å². The molecule has 2 heterocycles. The van der Waals surface area contributed by atoms with Gasteiger partial charge >= 0.3 is 0 Å². The molecule has 0 spiro atoms. The molecular formula is C18H22ClN5O2. The highest BCUT2D eigenvalue weighted by Gasteiger charge is 2.11. The van der Waals surface area contributed by atoms with E-state index >= 15 is 0 Å². The molecule has 2 aromatic rings. The first-order valence-corrected chi connectivity index (χ1v) is 8.93. The van der Waals surface area contributed by atoms with E-state index in [1.165, 1.54) is 12.4 Å². The number of halogens is 1. The number of nitrogens with one attached hydrogen (secondary N) is 2. The van der Waals surface area contributed by atoms with Crippen LogP contribution in [-0.4, -0.2) is 60.2 Å². The summed E-state index contributed by atoms with van der Waals surface area (Å²) in [7, 11) is 0. The normalized spacial score (nSPS) is 14.8. The third-order valence-electron chi connectivity index (χ3n) is 4.16. The van der Waals surface area contributed by atoms with E-state index in [9.17, 15) is 4.79 Å². The quantitative estimate of drug-likeness (QED) is 0.806. The third kappa shape index (κ3) is 5.14. The smallest absolute Gasteiger partial charge is 0.254 e. The van der Waals surface area contributed by atoms with Gasteiger partial charge in [0.25, 0.3) is 5.91 Å². The Morgan fingerprint density at radius 1 is 1.27 bits per heavy atom. The van der Waals surface area contributed by atoms with Crippen LogP contribution in [0.4, 0.5) is 11.6 Å². The second-order valence-corrected chi connectivity index (χ2v) is 6.50. The summed E-state index contributed by atoms with van der Waals surface area (Å²) in [6, 6.07) is 5.63. The summed E-state index contributed by atoms with van der Waals surface area (Å²) in [6.07, 6.45) is 3.02. The number of aromatic nitrogens is 2. The van der Waals surface area contributed by atoms with Crippen LogP contribution in [-0.2, 0) is 4.74 Å². The number of rotatable bonds is 6. The Hall–Kier alpha value is -2.22. The Morgan fingerprint density at radius 2 is 2.00 bits per heavy atom. The van der Waals surface area contributed by atoms with Crippen molar-refractivity contribution in [3.05, 3.63) is 46.7 Å². The lowest BCUT2D eigenvalue weighted by molar-refractivity contribution is 0.0383. The van der Waals surface area contributed by atoms with Crippen LogP contribution in [0.15, 0.2) is 30.6 Å². The van der Waals surface area contributed by atoms with Crippen LogP contribution in [0.25, 0.3) is 0 Å². The topological polar surface area (TPSA) is 79.4 Å². The van der Waals surface area contributed by atoms with Crippen molar-refractivity contribution < 1.29 is 9.53 Å². The third-order valence-corrected chi connectivity index (χ3v) is 4.57. The van der Waals surface area contributed by atoms with Crippen molar-refractivity contribution in [2.45, 2.75) is 6.92 Å². The fourth-order valence-electron chi connectivity index (χ4n) is 2.56. The standard InChI is InChI=1S/C18H22ClN5O2/c1-13-2-3-15(10-16(13)19)23-18-21-11-14(12-22-18)17(25)20-4-5-24-6-8-26-9-7-24/h2-3,10-12H,4-9H2,1H3,(H,20,25)(H,21,22,23). The summed E-state index contributed by atoms with van der Waals surface area (Å²) in [5, 5.41) is 6.63. The highest BCUT2D eigenvalue weighted by atomic mass is 35.5. The molecule has 0 bridgehead atoms. The van der Waals surface area contributed by atoms with Crippen LogP contribution in [0.1, 0.15) is 15.9 Å². The van der Waals surface area contributed by atoms with Gasteiger partial charge in [0, 0.05) is 49.3 Å². The minimum absolute atomic E-state index is 0.178. The molecule has 1 amide bonds. The van der Waals surface area contributed by atoms with Gasteiger partial charge in [0.1, 0.15) is 0 Å². The Morgan fingerprint density at radius 3 is 2.69 bits per heavy atom. The van der Waals surface area contributed by atoms with Gasteiger partial charge in [-0.3, -0.25) is 9.69 Å². The number of morpholine rings is 1. The molecule has 0 aliphatic carbocycles. The van der Waals surface area contributed by atoms with E-state index in [1.807, 2.05) is 25.1 Å². The van der Waals surface area contributed by atoms with E-state index in [4.69, 9.17) is 16.3 Å². The molecule has 1 aliphatic rings. The second kappa shape index (κ2) is 8.93. The van der Waals surface area contributed by atoms with Gasteiger partial charge in [-0.15, -0.1) is 0 Å². The van der Waals surface area contributed by atoms with Crippen LogP contribution < -0.4 is 10.6 Å². The minimum atomic E-state index is -0.178. The molecule has 8 heteroatoms. The predicted molar refractivity (Wildman–Crippen MR) is 101 cm³/mol. The summed E-state index contributed by atoms with van der Waals surface area (Å²) in [4.78, 5) is 22.8. The van der Waals surface area contributed by atoms with Crippen LogP contribution >= 0.6 is 11.6 Å². The van der Waals surface area contributed by atoms with Crippen LogP contribution in [0.5, 0.6) is 0 Å². The minimum Gasteiger partial charge on any atom is -0.379 e. The fourth-order valence-corrected chi connectivity index (χ4v) is 2.74. The maximum absolute atomic E-state index is 12.2. The summed E-state index contributed by atoms with van der Waals surface area (Å²) >= 11 is 6.11. The summed E-state index contributed by atoms with van der Waals surface area (Å²) in [6.45, 7) is 6.65. The molecule has 1 saturated heterocycles. The lowest BCUT2D eigenvalue weighted by Gasteiger charge is -2.26. The fraction of sp³-hybridized carbons (Fsp3) is 0.389. The van der Waals surface area contributed by atoms with E-state index < -0.39 is 0 Å². The van der Waals surface area contributed by atoms with Gasteiger partial charge in [-0.2, -0.15) is 0 Å². The summed E-state index contributed by atoms with van der Waals surface area (Å²) in [5.74, 6) is 0.234. The average molecular weight is 376 g/mol. The number of carbonyl (C=O) groups is 1. The van der Waals surface area contributed by atoms with Crippen LogP contribution in [0.3, 0.4) is 0 Å². The van der Waals surface area contributed by atoms with Gasteiger partial charge in [0.15, 0.2) is 0 Å². The van der Waals surface area contributed by atoms with Crippen LogP contribution in [0, 0.1) is 6.92 Å². The molecule has 1 aromatic carbocycles. The van der Waals surface area contributed by atoms with E-state index in [0.29, 0.717) is 23.1 Å². The number of anilines is 2. The predicted octanol–water partition coefficient (Wildman–Crippen LogP) is 2.24. The number of nitrogens with zero attached hydrogens (tertiary/aromatic N) is 3. The lowest BCUT2D eigenvalue weighted by Crippen LogP contribution is -2.41. The van der Waals surface area contributed by atoms with Gasteiger partial charge in [0.2, 0.25) is 5.95 Å². The zero-order valence-electron chi connectivity index (χ0n) is 14.7. The average Bonchev–Trinajstić information content (AvgIpc) is 2.66. The van der Waals surface area contributed by atoms with E-state index in [-0.39, 0.29) is 5.91 Å². The first-order valence-electron chi connectivity index (χ1n) is 8.55. The molecule has 26 heavy (non-hydrogen) atoms. The summed E-state index contributed by atoms with van der Waals surface area (Å²) < 4.78 is 5.30. The largest absolute Gasteiger partial charge is 0.379 e. The summed E-state index contributed by atoms with van der Waals surface area (Å²) in [5.41, 5.74) is 2.23. The number of aryl methyl sites for hydroxylation is 1. The molecule has 3 rings (SSSR count). The number of ether oxygens (including phenoxy) is 1. The Labute approximate surface area is 157 Å². The molecule has 1 fully saturated rings. The molecule has 138 valence electrons. The number of benzene rings is 1. The maximum Gasteiger partial charge on any atom is 0.254 e. The highest BCUT2D eigenvalue weighted by molar-refractivity contribution is 6.31. The Bertz CT molecular complexity index is 748. The van der Waals surface area contributed by atoms with E-state index in [2.05, 4.69) is 25.5 Å². The lowest BCUT2D eigenvalue weighted by atomic mass is 10.2. The van der Waals surface area contributed by atoms with Gasteiger partial charge in [-0.05, 0) is 24.6 Å². The van der Waals surface area contributed by atoms with Crippen molar-refractivity contribution in [1.82, 2.24) is 20.2 Å². The van der Waals surface area contributed by atoms with E-state index in [1.54, 1.807) is 0 Å². The van der Waals surface area contributed by atoms with Crippen molar-refractivity contribution in [3.63, 3.8) is 0 Å². The number of carbonyl (C=O) groups excluding carboxylic acids is 1. The first kappa shape index (κ1) is 18.6. The molecule has 7 nitrogen and oxygen atoms in total. The second-order valence-electron chi connectivity index (χ2n) is 6.09.